The molecule has 142 valence electrons. The van der Waals surface area contributed by atoms with Crippen molar-refractivity contribution in [2.75, 3.05) is 13.2 Å². The molecule has 0 aliphatic carbocycles. The summed E-state index contributed by atoms with van der Waals surface area (Å²) in [6.07, 6.45) is 4.41. The zero-order chi connectivity index (χ0) is 18.6. The van der Waals surface area contributed by atoms with Gasteiger partial charge in [-0.25, -0.2) is 4.98 Å². The third-order valence-electron chi connectivity index (χ3n) is 5.42. The second-order valence-electron chi connectivity index (χ2n) is 7.41. The lowest BCUT2D eigenvalue weighted by Gasteiger charge is -2.14. The molecule has 1 atom stereocenters. The van der Waals surface area contributed by atoms with Crippen LogP contribution in [0, 0.1) is 13.8 Å². The summed E-state index contributed by atoms with van der Waals surface area (Å²) in [4.78, 5) is 4.87. The molecule has 1 unspecified atom stereocenters. The van der Waals surface area contributed by atoms with Crippen molar-refractivity contribution < 1.29 is 9.47 Å². The van der Waals surface area contributed by atoms with Gasteiger partial charge in [0.05, 0.1) is 17.6 Å². The zero-order valence-corrected chi connectivity index (χ0v) is 16.3. The SMILES string of the molecule is Cc1ccc(OCCCCn2c(C3CCCO3)nc3ccccc32)cc1C. The highest BCUT2D eigenvalue weighted by molar-refractivity contribution is 5.76. The Morgan fingerprint density at radius 3 is 2.81 bits per heavy atom. The van der Waals surface area contributed by atoms with E-state index in [2.05, 4.69) is 60.9 Å². The molecule has 0 spiro atoms. The van der Waals surface area contributed by atoms with Crippen molar-refractivity contribution in [3.63, 3.8) is 0 Å². The molecular weight excluding hydrogens is 336 g/mol. The Morgan fingerprint density at radius 2 is 2.00 bits per heavy atom. The number of para-hydroxylation sites is 2. The summed E-state index contributed by atoms with van der Waals surface area (Å²) >= 11 is 0. The molecule has 27 heavy (non-hydrogen) atoms. The normalized spacial score (nSPS) is 16.9. The Kier molecular flexibility index (Phi) is 5.44. The molecule has 1 fully saturated rings. The van der Waals surface area contributed by atoms with E-state index >= 15 is 0 Å². The highest BCUT2D eigenvalue weighted by atomic mass is 16.5. The number of benzene rings is 2. The predicted molar refractivity (Wildman–Crippen MR) is 108 cm³/mol. The average Bonchev–Trinajstić information content (AvgIpc) is 3.32. The largest absolute Gasteiger partial charge is 0.494 e. The van der Waals surface area contributed by atoms with Gasteiger partial charge in [0.25, 0.3) is 0 Å². The van der Waals surface area contributed by atoms with E-state index in [1.807, 2.05) is 0 Å². The summed E-state index contributed by atoms with van der Waals surface area (Å²) in [6.45, 7) is 6.78. The van der Waals surface area contributed by atoms with Crippen molar-refractivity contribution in [1.29, 1.82) is 0 Å². The van der Waals surface area contributed by atoms with E-state index in [9.17, 15) is 0 Å². The highest BCUT2D eigenvalue weighted by Crippen LogP contribution is 2.30. The molecule has 4 heteroatoms. The second-order valence-corrected chi connectivity index (χ2v) is 7.41. The average molecular weight is 364 g/mol. The van der Waals surface area contributed by atoms with E-state index in [4.69, 9.17) is 14.5 Å². The van der Waals surface area contributed by atoms with Crippen molar-refractivity contribution in [3.8, 4) is 5.75 Å². The number of imidazole rings is 1. The highest BCUT2D eigenvalue weighted by Gasteiger charge is 2.24. The van der Waals surface area contributed by atoms with Gasteiger partial charge in [0, 0.05) is 13.2 Å². The maximum Gasteiger partial charge on any atom is 0.139 e. The van der Waals surface area contributed by atoms with Crippen LogP contribution in [-0.2, 0) is 11.3 Å². The van der Waals surface area contributed by atoms with Gasteiger partial charge in [-0.2, -0.15) is 0 Å². The third kappa shape index (κ3) is 4.01. The fourth-order valence-electron chi connectivity index (χ4n) is 3.72. The van der Waals surface area contributed by atoms with Crippen LogP contribution in [0.3, 0.4) is 0 Å². The number of nitrogens with zero attached hydrogens (tertiary/aromatic N) is 2. The van der Waals surface area contributed by atoms with Crippen LogP contribution in [0.2, 0.25) is 0 Å². The first-order chi connectivity index (χ1) is 13.2. The van der Waals surface area contributed by atoms with Crippen LogP contribution in [0.4, 0.5) is 0 Å². The minimum absolute atomic E-state index is 0.143. The van der Waals surface area contributed by atoms with E-state index in [-0.39, 0.29) is 6.10 Å². The van der Waals surface area contributed by atoms with Crippen LogP contribution >= 0.6 is 0 Å². The maximum absolute atomic E-state index is 5.93. The Balaban J connectivity index is 1.38. The number of fused-ring (bicyclic) bond motifs is 1. The molecule has 1 aliphatic heterocycles. The molecule has 0 saturated carbocycles. The summed E-state index contributed by atoms with van der Waals surface area (Å²) in [5.41, 5.74) is 4.85. The van der Waals surface area contributed by atoms with Crippen molar-refractivity contribution in [2.24, 2.45) is 0 Å². The van der Waals surface area contributed by atoms with E-state index in [0.29, 0.717) is 0 Å². The van der Waals surface area contributed by atoms with Crippen LogP contribution in [-0.4, -0.2) is 22.8 Å². The monoisotopic (exact) mass is 364 g/mol. The Labute approximate surface area is 161 Å². The molecule has 3 aromatic rings. The first-order valence-electron chi connectivity index (χ1n) is 9.99. The molecule has 1 saturated heterocycles. The molecular formula is C23H28N2O2. The molecule has 4 rings (SSSR count). The number of rotatable bonds is 7. The number of aromatic nitrogens is 2. The van der Waals surface area contributed by atoms with Gasteiger partial charge < -0.3 is 14.0 Å². The molecule has 1 aromatic heterocycles. The number of hydrogen-bond donors (Lipinski definition) is 0. The van der Waals surface area contributed by atoms with Gasteiger partial charge in [0.1, 0.15) is 17.7 Å². The topological polar surface area (TPSA) is 36.3 Å². The van der Waals surface area contributed by atoms with Gasteiger partial charge in [0.2, 0.25) is 0 Å². The number of aryl methyl sites for hydroxylation is 3. The van der Waals surface area contributed by atoms with Gasteiger partial charge in [-0.3, -0.25) is 0 Å². The molecule has 2 aromatic carbocycles. The van der Waals surface area contributed by atoms with Crippen LogP contribution in [0.1, 0.15) is 48.7 Å². The van der Waals surface area contributed by atoms with Crippen LogP contribution < -0.4 is 4.74 Å². The standard InChI is InChI=1S/C23H28N2O2/c1-17-11-12-19(16-18(17)2)26-14-6-5-13-25-21-9-4-3-8-20(21)24-23(25)22-10-7-15-27-22/h3-4,8-9,11-12,16,22H,5-7,10,13-15H2,1-2H3. The van der Waals surface area contributed by atoms with Crippen LogP contribution in [0.15, 0.2) is 42.5 Å². The summed E-state index contributed by atoms with van der Waals surface area (Å²) in [7, 11) is 0. The van der Waals surface area contributed by atoms with E-state index in [0.717, 1.165) is 62.5 Å². The molecule has 1 aliphatic rings. The van der Waals surface area contributed by atoms with Gasteiger partial charge in [-0.15, -0.1) is 0 Å². The number of ether oxygens (including phenoxy) is 2. The first-order valence-corrected chi connectivity index (χ1v) is 9.99. The minimum Gasteiger partial charge on any atom is -0.494 e. The van der Waals surface area contributed by atoms with Crippen molar-refractivity contribution in [3.05, 3.63) is 59.4 Å². The number of hydrogen-bond acceptors (Lipinski definition) is 3. The predicted octanol–water partition coefficient (Wildman–Crippen LogP) is 5.36. The Morgan fingerprint density at radius 1 is 1.11 bits per heavy atom. The lowest BCUT2D eigenvalue weighted by atomic mass is 10.1. The molecule has 0 amide bonds. The quantitative estimate of drug-likeness (QED) is 0.529. The summed E-state index contributed by atoms with van der Waals surface area (Å²) in [5, 5.41) is 0. The molecule has 0 bridgehead atoms. The third-order valence-corrected chi connectivity index (χ3v) is 5.42. The molecule has 4 nitrogen and oxygen atoms in total. The Bertz CT molecular complexity index is 910. The molecule has 0 N–H and O–H groups in total. The van der Waals surface area contributed by atoms with Crippen LogP contribution in [0.25, 0.3) is 11.0 Å². The Hall–Kier alpha value is -2.33. The van der Waals surface area contributed by atoms with Gasteiger partial charge in [0.15, 0.2) is 0 Å². The summed E-state index contributed by atoms with van der Waals surface area (Å²) < 4.78 is 14.2. The van der Waals surface area contributed by atoms with Crippen molar-refractivity contribution >= 4 is 11.0 Å². The van der Waals surface area contributed by atoms with Gasteiger partial charge in [-0.05, 0) is 74.9 Å². The van der Waals surface area contributed by atoms with E-state index in [1.54, 1.807) is 0 Å². The summed E-state index contributed by atoms with van der Waals surface area (Å²) in [6, 6.07) is 14.7. The zero-order valence-electron chi connectivity index (χ0n) is 16.3. The molecule has 0 radical (unpaired) electrons. The minimum atomic E-state index is 0.143. The smallest absolute Gasteiger partial charge is 0.139 e. The summed E-state index contributed by atoms with van der Waals surface area (Å²) in [5.74, 6) is 2.05. The van der Waals surface area contributed by atoms with Gasteiger partial charge >= 0.3 is 0 Å². The van der Waals surface area contributed by atoms with Crippen LogP contribution in [0.5, 0.6) is 5.75 Å². The second kappa shape index (κ2) is 8.13. The lowest BCUT2D eigenvalue weighted by Crippen LogP contribution is -2.10. The fraction of sp³-hybridized carbons (Fsp3) is 0.435. The van der Waals surface area contributed by atoms with Gasteiger partial charge in [-0.1, -0.05) is 18.2 Å². The number of unbranched alkanes of at least 4 members (excludes halogenated alkanes) is 1. The molecule has 2 heterocycles. The maximum atomic E-state index is 5.93. The lowest BCUT2D eigenvalue weighted by molar-refractivity contribution is 0.102. The van der Waals surface area contributed by atoms with E-state index in [1.165, 1.54) is 16.6 Å². The van der Waals surface area contributed by atoms with E-state index < -0.39 is 0 Å². The van der Waals surface area contributed by atoms with Crippen molar-refractivity contribution in [2.45, 2.75) is 52.2 Å². The first kappa shape index (κ1) is 18.1. The fourth-order valence-corrected chi connectivity index (χ4v) is 3.72. The van der Waals surface area contributed by atoms with Crippen molar-refractivity contribution in [1.82, 2.24) is 9.55 Å².